The lowest BCUT2D eigenvalue weighted by atomic mass is 10.1. The smallest absolute Gasteiger partial charge is 0.260 e. The molecule has 0 atom stereocenters. The van der Waals surface area contributed by atoms with Crippen LogP contribution in [0.15, 0.2) is 58.6 Å². The number of aryl methyl sites for hydroxylation is 2. The second kappa shape index (κ2) is 8.67. The Morgan fingerprint density at radius 2 is 1.96 bits per heavy atom. The molecule has 0 aliphatic heterocycles. The van der Waals surface area contributed by atoms with Crippen LogP contribution in [0.5, 0.6) is 0 Å². The van der Waals surface area contributed by atoms with E-state index in [0.29, 0.717) is 23.0 Å². The first-order valence-corrected chi connectivity index (χ1v) is 9.07. The van der Waals surface area contributed by atoms with Crippen LogP contribution in [0.1, 0.15) is 22.4 Å². The third kappa shape index (κ3) is 4.75. The van der Waals surface area contributed by atoms with Crippen molar-refractivity contribution in [1.29, 1.82) is 0 Å². The molecule has 0 saturated heterocycles. The molecule has 7 nitrogen and oxygen atoms in total. The maximum atomic E-state index is 12.0. The van der Waals surface area contributed by atoms with Crippen molar-refractivity contribution in [2.45, 2.75) is 26.9 Å². The molecule has 28 heavy (non-hydrogen) atoms. The van der Waals surface area contributed by atoms with Gasteiger partial charge in [-0.3, -0.25) is 9.59 Å². The maximum absolute atomic E-state index is 12.0. The number of carbonyl (C=O) groups excluding carboxylic acids is 1. The Balaban J connectivity index is 1.66. The third-order valence-electron chi connectivity index (χ3n) is 4.16. The summed E-state index contributed by atoms with van der Waals surface area (Å²) in [5.41, 5.74) is 5.75. The summed E-state index contributed by atoms with van der Waals surface area (Å²) >= 11 is 6.43. The van der Waals surface area contributed by atoms with E-state index in [4.69, 9.17) is 11.6 Å². The van der Waals surface area contributed by atoms with Gasteiger partial charge in [-0.2, -0.15) is 10.2 Å². The number of rotatable bonds is 6. The van der Waals surface area contributed by atoms with Gasteiger partial charge in [0.05, 0.1) is 24.0 Å². The Kier molecular flexibility index (Phi) is 6.06. The van der Waals surface area contributed by atoms with Crippen LogP contribution < -0.4 is 11.0 Å². The summed E-state index contributed by atoms with van der Waals surface area (Å²) in [5.74, 6) is -0.412. The number of hydrazone groups is 1. The minimum atomic E-state index is -0.412. The van der Waals surface area contributed by atoms with Crippen LogP contribution in [-0.2, 0) is 17.9 Å². The van der Waals surface area contributed by atoms with Gasteiger partial charge in [0, 0.05) is 12.3 Å². The molecule has 8 heteroatoms. The molecule has 0 fully saturated rings. The highest BCUT2D eigenvalue weighted by Gasteiger charge is 2.12. The Bertz CT molecular complexity index is 1070. The van der Waals surface area contributed by atoms with Crippen molar-refractivity contribution in [3.05, 3.63) is 86.6 Å². The van der Waals surface area contributed by atoms with Crippen LogP contribution in [0.4, 0.5) is 0 Å². The predicted octanol–water partition coefficient (Wildman–Crippen LogP) is 2.51. The number of carbonyl (C=O) groups is 1. The number of pyridine rings is 1. The molecule has 0 spiro atoms. The van der Waals surface area contributed by atoms with Gasteiger partial charge in [-0.25, -0.2) is 10.1 Å². The molecule has 0 aliphatic carbocycles. The molecular weight excluding hydrogens is 378 g/mol. The van der Waals surface area contributed by atoms with Crippen LogP contribution in [0.25, 0.3) is 0 Å². The lowest BCUT2D eigenvalue weighted by molar-refractivity contribution is -0.121. The molecule has 2 aromatic heterocycles. The maximum Gasteiger partial charge on any atom is 0.260 e. The van der Waals surface area contributed by atoms with E-state index in [1.165, 1.54) is 22.4 Å². The zero-order valence-electron chi connectivity index (χ0n) is 15.6. The van der Waals surface area contributed by atoms with E-state index in [0.717, 1.165) is 5.56 Å². The fraction of sp³-hybridized carbons (Fsp3) is 0.200. The number of halogens is 1. The average Bonchev–Trinajstić information content (AvgIpc) is 2.93. The first kappa shape index (κ1) is 19.6. The van der Waals surface area contributed by atoms with Gasteiger partial charge in [0.2, 0.25) is 0 Å². The fourth-order valence-electron chi connectivity index (χ4n) is 2.64. The first-order chi connectivity index (χ1) is 13.4. The van der Waals surface area contributed by atoms with Crippen molar-refractivity contribution in [3.63, 3.8) is 0 Å². The SMILES string of the molecule is Cc1ccc(Cn2nc(C)c(/C=N\NC(=O)Cn3ccccc3=O)c2Cl)cc1. The summed E-state index contributed by atoms with van der Waals surface area (Å²) in [7, 11) is 0. The highest BCUT2D eigenvalue weighted by molar-refractivity contribution is 6.32. The zero-order chi connectivity index (χ0) is 20.1. The molecule has 3 rings (SSSR count). The minimum absolute atomic E-state index is 0.115. The highest BCUT2D eigenvalue weighted by Crippen LogP contribution is 2.19. The number of benzene rings is 1. The lowest BCUT2D eigenvalue weighted by Gasteiger charge is -2.04. The van der Waals surface area contributed by atoms with E-state index in [9.17, 15) is 9.59 Å². The molecule has 1 N–H and O–H groups in total. The molecule has 1 amide bonds. The van der Waals surface area contributed by atoms with Crippen LogP contribution >= 0.6 is 11.6 Å². The van der Waals surface area contributed by atoms with Gasteiger partial charge in [-0.15, -0.1) is 0 Å². The van der Waals surface area contributed by atoms with Crippen LogP contribution in [-0.4, -0.2) is 26.5 Å². The van der Waals surface area contributed by atoms with E-state index in [1.807, 2.05) is 38.1 Å². The topological polar surface area (TPSA) is 81.3 Å². The van der Waals surface area contributed by atoms with E-state index in [-0.39, 0.29) is 12.1 Å². The molecular formula is C20H20ClN5O2. The van der Waals surface area contributed by atoms with Gasteiger partial charge < -0.3 is 4.57 Å². The van der Waals surface area contributed by atoms with Crippen molar-refractivity contribution in [2.75, 3.05) is 0 Å². The van der Waals surface area contributed by atoms with E-state index in [2.05, 4.69) is 15.6 Å². The molecule has 1 aromatic carbocycles. The summed E-state index contributed by atoms with van der Waals surface area (Å²) in [4.78, 5) is 23.6. The van der Waals surface area contributed by atoms with Gasteiger partial charge in [0.25, 0.3) is 11.5 Å². The van der Waals surface area contributed by atoms with Gasteiger partial charge in [0.1, 0.15) is 11.7 Å². The van der Waals surface area contributed by atoms with Crippen LogP contribution in [0.2, 0.25) is 5.15 Å². The number of aromatic nitrogens is 3. The molecule has 0 unspecified atom stereocenters. The van der Waals surface area contributed by atoms with E-state index >= 15 is 0 Å². The van der Waals surface area contributed by atoms with Crippen molar-refractivity contribution in [2.24, 2.45) is 5.10 Å². The monoisotopic (exact) mass is 397 g/mol. The normalized spacial score (nSPS) is 11.1. The first-order valence-electron chi connectivity index (χ1n) is 8.70. The van der Waals surface area contributed by atoms with E-state index < -0.39 is 5.91 Å². The van der Waals surface area contributed by atoms with E-state index in [1.54, 1.807) is 23.0 Å². The second-order valence-corrected chi connectivity index (χ2v) is 6.75. The summed E-state index contributed by atoms with van der Waals surface area (Å²) in [6.45, 7) is 4.28. The van der Waals surface area contributed by atoms with Crippen LogP contribution in [0, 0.1) is 13.8 Å². The molecule has 144 valence electrons. The third-order valence-corrected chi connectivity index (χ3v) is 4.56. The van der Waals surface area contributed by atoms with Gasteiger partial charge in [-0.05, 0) is 25.5 Å². The van der Waals surface area contributed by atoms with Gasteiger partial charge >= 0.3 is 0 Å². The minimum Gasteiger partial charge on any atom is -0.306 e. The quantitative estimate of drug-likeness (QED) is 0.512. The van der Waals surface area contributed by atoms with Crippen molar-refractivity contribution < 1.29 is 4.79 Å². The Hall–Kier alpha value is -3.19. The number of hydrogen-bond donors (Lipinski definition) is 1. The number of nitrogens with zero attached hydrogens (tertiary/aromatic N) is 4. The predicted molar refractivity (Wildman–Crippen MR) is 109 cm³/mol. The van der Waals surface area contributed by atoms with Gasteiger partial charge in [0.15, 0.2) is 0 Å². The molecule has 0 radical (unpaired) electrons. The highest BCUT2D eigenvalue weighted by atomic mass is 35.5. The number of amides is 1. The average molecular weight is 398 g/mol. The van der Waals surface area contributed by atoms with Gasteiger partial charge in [-0.1, -0.05) is 47.5 Å². The largest absolute Gasteiger partial charge is 0.306 e. The second-order valence-electron chi connectivity index (χ2n) is 6.39. The fourth-order valence-corrected chi connectivity index (χ4v) is 2.92. The van der Waals surface area contributed by atoms with Crippen LogP contribution in [0.3, 0.4) is 0 Å². The zero-order valence-corrected chi connectivity index (χ0v) is 16.3. The standard InChI is InChI=1S/C20H20ClN5O2/c1-14-6-8-16(9-7-14)12-26-20(21)17(15(2)24-26)11-22-23-18(27)13-25-10-4-3-5-19(25)28/h3-11H,12-13H2,1-2H3,(H,23,27)/b22-11-. The summed E-state index contributed by atoms with van der Waals surface area (Å²) in [6.07, 6.45) is 3.00. The number of hydrogen-bond acceptors (Lipinski definition) is 4. The molecule has 0 saturated carbocycles. The van der Waals surface area contributed by atoms with Crippen molar-refractivity contribution in [1.82, 2.24) is 19.8 Å². The molecule has 0 bridgehead atoms. The Morgan fingerprint density at radius 1 is 1.21 bits per heavy atom. The van der Waals surface area contributed by atoms with Crippen molar-refractivity contribution in [3.8, 4) is 0 Å². The molecule has 2 heterocycles. The van der Waals surface area contributed by atoms with Crippen molar-refractivity contribution >= 4 is 23.7 Å². The summed E-state index contributed by atoms with van der Waals surface area (Å²) in [6, 6.07) is 12.8. The Labute approximate surface area is 167 Å². The Morgan fingerprint density at radius 3 is 2.68 bits per heavy atom. The summed E-state index contributed by atoms with van der Waals surface area (Å²) in [5, 5.41) is 8.82. The number of nitrogens with one attached hydrogen (secondary N) is 1. The summed E-state index contributed by atoms with van der Waals surface area (Å²) < 4.78 is 2.98. The molecule has 0 aliphatic rings. The molecule has 3 aromatic rings. The lowest BCUT2D eigenvalue weighted by Crippen LogP contribution is -2.29.